The Morgan fingerprint density at radius 1 is 0.394 bits per heavy atom. The molecule has 6 unspecified atom stereocenters. The van der Waals surface area contributed by atoms with E-state index in [0.29, 0.717) is 90.2 Å². The number of aryl methyl sites for hydroxylation is 3. The number of ether oxygens (including phenoxy) is 4. The Balaban J connectivity index is 0.000000103. The van der Waals surface area contributed by atoms with Crippen LogP contribution < -0.4 is 82.7 Å². The molecule has 9 fully saturated rings. The van der Waals surface area contributed by atoms with Crippen molar-refractivity contribution in [2.45, 2.75) is 147 Å². The average Bonchev–Trinajstić information content (AvgIpc) is 1.60. The summed E-state index contributed by atoms with van der Waals surface area (Å²) in [5.41, 5.74) is 46.0. The highest BCUT2D eigenvalue weighted by molar-refractivity contribution is 5.92. The van der Waals surface area contributed by atoms with E-state index >= 15 is 0 Å². The van der Waals surface area contributed by atoms with E-state index in [0.717, 1.165) is 268 Å². The highest BCUT2D eigenvalue weighted by Gasteiger charge is 2.56. The van der Waals surface area contributed by atoms with Gasteiger partial charge in [-0.25, -0.2) is 27.5 Å². The fourth-order valence-electron chi connectivity index (χ4n) is 21.7. The van der Waals surface area contributed by atoms with Crippen LogP contribution >= 0.6 is 0 Å². The van der Waals surface area contributed by atoms with Gasteiger partial charge in [0, 0.05) is 203 Å². The minimum atomic E-state index is -0.281. The Bertz CT molecular complexity index is 6520. The van der Waals surface area contributed by atoms with Gasteiger partial charge in [0.05, 0.1) is 53.8 Å². The number of pyridine rings is 3. The van der Waals surface area contributed by atoms with Gasteiger partial charge in [0.1, 0.15) is 69.6 Å². The normalized spacial score (nSPS) is 22.2. The molecule has 33 heteroatoms. The van der Waals surface area contributed by atoms with Crippen molar-refractivity contribution >= 4 is 46.0 Å². The van der Waals surface area contributed by atoms with Gasteiger partial charge in [-0.2, -0.15) is 39.9 Å². The zero-order valence-electron chi connectivity index (χ0n) is 74.7. The van der Waals surface area contributed by atoms with Gasteiger partial charge in [-0.3, -0.25) is 15.0 Å². The molecule has 13 aliphatic rings. The Morgan fingerprint density at radius 3 is 1.11 bits per heavy atom. The van der Waals surface area contributed by atoms with Gasteiger partial charge < -0.3 is 82.7 Å². The van der Waals surface area contributed by atoms with Crippen molar-refractivity contribution in [1.29, 1.82) is 0 Å². The lowest BCUT2D eigenvalue weighted by molar-refractivity contribution is 0.194. The lowest BCUT2D eigenvalue weighted by Crippen LogP contribution is -2.46. The number of piperidine rings is 2. The fourth-order valence-corrected chi connectivity index (χ4v) is 21.7. The molecule has 9 aliphatic carbocycles. The molecule has 0 radical (unpaired) electrons. The van der Waals surface area contributed by atoms with E-state index in [1.807, 2.05) is 64.6 Å². The molecule has 29 nitrogen and oxygen atoms in total. The lowest BCUT2D eigenvalue weighted by Gasteiger charge is -2.36. The molecule has 1 spiro atoms. The summed E-state index contributed by atoms with van der Waals surface area (Å²) in [5.74, 6) is 8.22. The number of nitrogens with two attached hydrogens (primary N) is 4. The van der Waals surface area contributed by atoms with Gasteiger partial charge in [0.25, 0.3) is 0 Å². The van der Waals surface area contributed by atoms with Crippen LogP contribution in [-0.4, -0.2) is 169 Å². The third-order valence-corrected chi connectivity index (χ3v) is 29.3. The number of rotatable bonds is 20. The number of nitrogens with zero attached hydrogens (tertiary/aromatic N) is 17. The van der Waals surface area contributed by atoms with E-state index in [2.05, 4.69) is 86.6 Å². The zero-order valence-corrected chi connectivity index (χ0v) is 74.7. The highest BCUT2D eigenvalue weighted by atomic mass is 19.1. The van der Waals surface area contributed by atoms with Crippen LogP contribution in [0, 0.1) is 58.3 Å². The number of benzene rings is 4. The van der Waals surface area contributed by atoms with Gasteiger partial charge in [0.15, 0.2) is 5.75 Å². The molecule has 2 bridgehead atoms. The van der Waals surface area contributed by atoms with Crippen LogP contribution in [0.15, 0.2) is 116 Å². The topological polar surface area (TPSA) is 370 Å². The maximum absolute atomic E-state index is 14.5. The first-order chi connectivity index (χ1) is 64.1. The van der Waals surface area contributed by atoms with Crippen LogP contribution in [0.4, 0.5) is 63.6 Å². The summed E-state index contributed by atoms with van der Waals surface area (Å²) in [5, 5.41) is 12.5. The largest absolute Gasteiger partial charge is 0.423 e. The first-order valence-electron chi connectivity index (χ1n) is 46.2. The van der Waals surface area contributed by atoms with Crippen molar-refractivity contribution < 1.29 is 36.5 Å². The molecule has 12 aromatic rings. The molecule has 12 N–H and O–H groups in total. The maximum atomic E-state index is 14.5. The molecule has 4 aromatic carbocycles. The predicted molar refractivity (Wildman–Crippen MR) is 497 cm³/mol. The second kappa shape index (κ2) is 33.6. The third-order valence-electron chi connectivity index (χ3n) is 29.3. The summed E-state index contributed by atoms with van der Waals surface area (Å²) in [7, 11) is 7.24. The predicted octanol–water partition coefficient (Wildman–Crippen LogP) is 14.7. The summed E-state index contributed by atoms with van der Waals surface area (Å²) < 4.78 is 82.1. The molecule has 4 aliphatic heterocycles. The Labute approximate surface area is 761 Å². The van der Waals surface area contributed by atoms with Crippen LogP contribution in [0.2, 0.25) is 0 Å². The maximum Gasteiger partial charge on any atom is 0.324 e. The quantitative estimate of drug-likeness (QED) is 0.0329. The molecule has 12 heterocycles. The number of fused-ring (bicyclic) bond motifs is 16. The second-order valence-corrected chi connectivity index (χ2v) is 37.3. The Hall–Kier alpha value is -13.1. The van der Waals surface area contributed by atoms with E-state index in [9.17, 15) is 17.6 Å². The Morgan fingerprint density at radius 2 is 0.773 bits per heavy atom. The number of anilines is 8. The molecule has 4 saturated heterocycles. The lowest BCUT2D eigenvalue weighted by atomic mass is 9.72. The van der Waals surface area contributed by atoms with Gasteiger partial charge in [-0.1, -0.05) is 20.8 Å². The molecular formula is C99H105F4N25O4. The molecule has 5 saturated carbocycles. The number of nitrogens with one attached hydrogen (secondary N) is 4. The molecule has 8 aromatic heterocycles. The summed E-state index contributed by atoms with van der Waals surface area (Å²) >= 11 is 0. The van der Waals surface area contributed by atoms with Crippen molar-refractivity contribution in [3.05, 3.63) is 207 Å². The summed E-state index contributed by atoms with van der Waals surface area (Å²) in [6, 6.07) is 26.3. The molecule has 0 amide bonds. The summed E-state index contributed by atoms with van der Waals surface area (Å²) in [4.78, 5) is 69.6. The smallest absolute Gasteiger partial charge is 0.324 e. The molecule has 678 valence electrons. The van der Waals surface area contributed by atoms with Crippen LogP contribution in [0.5, 0.6) is 47.0 Å². The Kier molecular flexibility index (Phi) is 21.5. The minimum Gasteiger partial charge on any atom is -0.423 e. The van der Waals surface area contributed by atoms with Crippen molar-refractivity contribution in [2.24, 2.45) is 57.9 Å². The van der Waals surface area contributed by atoms with E-state index in [1.54, 1.807) is 55.2 Å². The standard InChI is InChI=1S/C25H26FN7O.2C25H27FN6O.C24H25FN6O/c1-28-20-6-14(26)5-18-17(20)8-21-22(18)24(33-11-13-4-15(33)7-19(13)27)32-25(31-21)34-16-9-29-23(30-10-16)12-2-3-12;1-3-15-4-5-16(10-29-15)33-25-30-22-9-17-18(7-14(26)8-21(17)28-2)23(22)24(31-25)32-11-13-6-20(27)19(13)12-32;1-3-15-4-5-16(11-29-15)33-24-30-20-10-17-18(8-14(26)9-19(17)28-2)22(20)23(31-24)32-12-21(27)25(13-32)6-7-25;1-3-13-4-5-14(9-28-13)32-24-29-20-8-15-16(6-12(25)7-19(15)27-2)21(20)23(30-24)31-10-17-18(11-31)22(17)26/h5-6,9-10,12-13,15,19,28H,2-4,7-8,11,27H2,1H3;4-5,7-8,10,13,19-20,28H,3,6,9,11-12,27H2,1-2H3;4-5,8-9,11,21,28H,3,6-7,10,12-13,27H2,1-2H3;4-7,9,17-18,22,27H,3,8,10-11,26H2,1-2H3/t13?,15-,19-;;21-;/m0.0./s1. The van der Waals surface area contributed by atoms with E-state index in [4.69, 9.17) is 81.8 Å². The van der Waals surface area contributed by atoms with Crippen molar-refractivity contribution in [2.75, 3.05) is 115 Å². The molecule has 9 atom stereocenters. The number of aromatic nitrogens is 13. The van der Waals surface area contributed by atoms with E-state index in [-0.39, 0.29) is 76.9 Å². The van der Waals surface area contributed by atoms with Gasteiger partial charge in [-0.05, 0) is 223 Å². The fraction of sp³-hybridized carbons (Fsp3) is 0.404. The molecular weight excluding hydrogens is 1680 g/mol. The number of halogens is 4. The average molecular weight is 1790 g/mol. The van der Waals surface area contributed by atoms with E-state index in [1.165, 1.54) is 24.3 Å². The highest BCUT2D eigenvalue weighted by Crippen LogP contribution is 2.58. The first kappa shape index (κ1) is 84.4. The van der Waals surface area contributed by atoms with Crippen LogP contribution in [0.1, 0.15) is 140 Å². The van der Waals surface area contributed by atoms with Crippen LogP contribution in [-0.2, 0) is 44.9 Å². The first-order valence-corrected chi connectivity index (χ1v) is 46.2. The third kappa shape index (κ3) is 15.5. The SMILES string of the molecule is CCc1ccc(Oc2nc3c(c(N4CC5C(N)C5C4)n2)-c2cc(F)cc(NC)c2C3)cn1.CCc1ccc(Oc2nc3c(c(N4CC5CC(N)C5C4)n2)-c2cc(F)cc(NC)c2C3)cn1.CCc1ccc(Oc2nc3c(c(N4C[C@H](N)C5(CC5)C4)n2)-c2cc(F)cc(NC)c2C3)cn1.CNc1cc(F)cc2c1Cc1nc(Oc3cnc(C4CC4)nc3)nc(N3CC4C[C@H]3C[C@@H]4N)c1-2. The van der Waals surface area contributed by atoms with Crippen LogP contribution in [0.25, 0.3) is 44.5 Å². The second-order valence-electron chi connectivity index (χ2n) is 37.3. The van der Waals surface area contributed by atoms with Crippen molar-refractivity contribution in [1.82, 2.24) is 64.8 Å². The van der Waals surface area contributed by atoms with E-state index < -0.39 is 0 Å². The number of hydrogen-bond donors (Lipinski definition) is 8. The molecule has 132 heavy (non-hydrogen) atoms. The van der Waals surface area contributed by atoms with Crippen molar-refractivity contribution in [3.8, 4) is 91.5 Å². The monoisotopic (exact) mass is 1780 g/mol. The van der Waals surface area contributed by atoms with Crippen LogP contribution in [0.3, 0.4) is 0 Å². The zero-order chi connectivity index (χ0) is 90.4. The molecule has 25 rings (SSSR count). The van der Waals surface area contributed by atoms with Crippen molar-refractivity contribution in [3.63, 3.8) is 0 Å². The minimum absolute atomic E-state index is 0.111. The van der Waals surface area contributed by atoms with Gasteiger partial charge in [-0.15, -0.1) is 0 Å². The van der Waals surface area contributed by atoms with Gasteiger partial charge in [0.2, 0.25) is 0 Å². The van der Waals surface area contributed by atoms with Gasteiger partial charge >= 0.3 is 24.0 Å². The number of hydrogen-bond acceptors (Lipinski definition) is 29. The summed E-state index contributed by atoms with van der Waals surface area (Å²) in [6.45, 7) is 12.1. The summed E-state index contributed by atoms with van der Waals surface area (Å²) in [6.07, 6.45) is 21.1.